The molecule has 0 aromatic heterocycles. The number of ether oxygens (including phenoxy) is 1. The molecular formula is C17H22BrNO4. The van der Waals surface area contributed by atoms with Gasteiger partial charge in [0.25, 0.3) is 0 Å². The van der Waals surface area contributed by atoms with Crippen molar-refractivity contribution in [3.05, 3.63) is 28.7 Å². The fraction of sp³-hybridized carbons (Fsp3) is 0.529. The van der Waals surface area contributed by atoms with Crippen LogP contribution in [0.15, 0.2) is 28.7 Å². The minimum atomic E-state index is -0.812. The van der Waals surface area contributed by atoms with Gasteiger partial charge in [0.05, 0.1) is 12.5 Å². The number of amides is 1. The SMILES string of the molecule is CC1CCC(C(=O)O)CN1C(=O)CCCOc1cccc(Br)c1. The predicted molar refractivity (Wildman–Crippen MR) is 90.4 cm³/mol. The molecule has 0 saturated carbocycles. The Bertz CT molecular complexity index is 563. The summed E-state index contributed by atoms with van der Waals surface area (Å²) in [4.78, 5) is 25.1. The largest absolute Gasteiger partial charge is 0.494 e. The molecule has 1 N–H and O–H groups in total. The van der Waals surface area contributed by atoms with E-state index in [4.69, 9.17) is 9.84 Å². The zero-order chi connectivity index (χ0) is 16.8. The van der Waals surface area contributed by atoms with E-state index >= 15 is 0 Å². The standard InChI is InChI=1S/C17H22BrNO4/c1-12-7-8-13(17(21)22)11-19(12)16(20)6-3-9-23-15-5-2-4-14(18)10-15/h2,4-5,10,12-13H,3,6-9,11H2,1H3,(H,21,22). The van der Waals surface area contributed by atoms with Gasteiger partial charge in [-0.05, 0) is 44.4 Å². The summed E-state index contributed by atoms with van der Waals surface area (Å²) in [6.07, 6.45) is 2.39. The third-order valence-corrected chi connectivity index (χ3v) is 4.64. The van der Waals surface area contributed by atoms with E-state index in [-0.39, 0.29) is 11.9 Å². The van der Waals surface area contributed by atoms with Gasteiger partial charge in [0.2, 0.25) is 5.91 Å². The Labute approximate surface area is 144 Å². The lowest BCUT2D eigenvalue weighted by Crippen LogP contribution is -2.47. The number of carboxylic acid groups (broad SMARTS) is 1. The molecule has 5 nitrogen and oxygen atoms in total. The number of hydrogen-bond donors (Lipinski definition) is 1. The van der Waals surface area contributed by atoms with Crippen molar-refractivity contribution in [2.75, 3.05) is 13.2 Å². The van der Waals surface area contributed by atoms with E-state index in [9.17, 15) is 9.59 Å². The second-order valence-electron chi connectivity index (χ2n) is 5.92. The number of carboxylic acids is 1. The van der Waals surface area contributed by atoms with E-state index in [1.54, 1.807) is 4.90 Å². The van der Waals surface area contributed by atoms with Crippen LogP contribution >= 0.6 is 15.9 Å². The lowest BCUT2D eigenvalue weighted by Gasteiger charge is -2.36. The molecule has 0 spiro atoms. The number of aliphatic carboxylic acids is 1. The molecule has 126 valence electrons. The van der Waals surface area contributed by atoms with Crippen LogP contribution in [-0.2, 0) is 9.59 Å². The molecule has 1 aromatic rings. The first-order valence-corrected chi connectivity index (χ1v) is 8.67. The number of carbonyl (C=O) groups is 2. The van der Waals surface area contributed by atoms with Gasteiger partial charge in [-0.3, -0.25) is 9.59 Å². The molecule has 1 heterocycles. The highest BCUT2D eigenvalue weighted by Crippen LogP contribution is 2.23. The molecule has 1 saturated heterocycles. The first kappa shape index (κ1) is 17.8. The molecule has 2 atom stereocenters. The maximum atomic E-state index is 12.3. The van der Waals surface area contributed by atoms with Crippen LogP contribution in [0.25, 0.3) is 0 Å². The lowest BCUT2D eigenvalue weighted by molar-refractivity contribution is -0.147. The summed E-state index contributed by atoms with van der Waals surface area (Å²) in [5, 5.41) is 9.12. The van der Waals surface area contributed by atoms with Crippen molar-refractivity contribution >= 4 is 27.8 Å². The van der Waals surface area contributed by atoms with Gasteiger partial charge in [-0.1, -0.05) is 22.0 Å². The monoisotopic (exact) mass is 383 g/mol. The van der Waals surface area contributed by atoms with E-state index in [1.807, 2.05) is 31.2 Å². The Kier molecular flexibility index (Phi) is 6.45. The summed E-state index contributed by atoms with van der Waals surface area (Å²) in [7, 11) is 0. The Hall–Kier alpha value is -1.56. The summed E-state index contributed by atoms with van der Waals surface area (Å²) in [5.41, 5.74) is 0. The molecular weight excluding hydrogens is 362 g/mol. The first-order chi connectivity index (χ1) is 11.0. The molecule has 0 bridgehead atoms. The van der Waals surface area contributed by atoms with Crippen molar-refractivity contribution in [2.45, 2.75) is 38.6 Å². The van der Waals surface area contributed by atoms with E-state index < -0.39 is 11.9 Å². The molecule has 0 aliphatic carbocycles. The van der Waals surface area contributed by atoms with Gasteiger partial charge in [-0.2, -0.15) is 0 Å². The van der Waals surface area contributed by atoms with Gasteiger partial charge < -0.3 is 14.7 Å². The van der Waals surface area contributed by atoms with Crippen molar-refractivity contribution in [3.63, 3.8) is 0 Å². The third-order valence-electron chi connectivity index (χ3n) is 4.15. The average molecular weight is 384 g/mol. The molecule has 6 heteroatoms. The zero-order valence-electron chi connectivity index (χ0n) is 13.2. The van der Waals surface area contributed by atoms with Crippen LogP contribution in [0.5, 0.6) is 5.75 Å². The number of nitrogens with zero attached hydrogens (tertiary/aromatic N) is 1. The zero-order valence-corrected chi connectivity index (χ0v) is 14.8. The number of hydrogen-bond acceptors (Lipinski definition) is 3. The first-order valence-electron chi connectivity index (χ1n) is 7.88. The van der Waals surface area contributed by atoms with E-state index in [1.165, 1.54) is 0 Å². The Morgan fingerprint density at radius 2 is 2.17 bits per heavy atom. The average Bonchev–Trinajstić information content (AvgIpc) is 2.51. The van der Waals surface area contributed by atoms with Gasteiger partial charge in [0.1, 0.15) is 5.75 Å². The van der Waals surface area contributed by atoms with Crippen LogP contribution in [0.1, 0.15) is 32.6 Å². The van der Waals surface area contributed by atoms with Gasteiger partial charge in [-0.25, -0.2) is 0 Å². The second kappa shape index (κ2) is 8.34. The topological polar surface area (TPSA) is 66.8 Å². The van der Waals surface area contributed by atoms with E-state index in [2.05, 4.69) is 15.9 Å². The van der Waals surface area contributed by atoms with E-state index in [0.29, 0.717) is 32.4 Å². The Balaban J connectivity index is 1.76. The molecule has 0 radical (unpaired) electrons. The number of halogens is 1. The number of carbonyl (C=O) groups excluding carboxylic acids is 1. The number of benzene rings is 1. The maximum Gasteiger partial charge on any atom is 0.308 e. The number of likely N-dealkylation sites (tertiary alicyclic amines) is 1. The van der Waals surface area contributed by atoms with Gasteiger partial charge >= 0.3 is 5.97 Å². The van der Waals surface area contributed by atoms with Crippen LogP contribution in [0.3, 0.4) is 0 Å². The maximum absolute atomic E-state index is 12.3. The highest BCUT2D eigenvalue weighted by atomic mass is 79.9. The fourth-order valence-corrected chi connectivity index (χ4v) is 3.15. The van der Waals surface area contributed by atoms with Crippen LogP contribution in [-0.4, -0.2) is 41.1 Å². The normalized spacial score (nSPS) is 21.0. The van der Waals surface area contributed by atoms with Crippen LogP contribution < -0.4 is 4.74 Å². The van der Waals surface area contributed by atoms with Crippen molar-refractivity contribution in [1.29, 1.82) is 0 Å². The lowest BCUT2D eigenvalue weighted by atomic mass is 9.93. The summed E-state index contributed by atoms with van der Waals surface area (Å²) >= 11 is 3.38. The predicted octanol–water partition coefficient (Wildman–Crippen LogP) is 3.32. The second-order valence-corrected chi connectivity index (χ2v) is 6.83. The van der Waals surface area contributed by atoms with Crippen LogP contribution in [0, 0.1) is 5.92 Å². The minimum absolute atomic E-state index is 0.0151. The summed E-state index contributed by atoms with van der Waals surface area (Å²) in [6, 6.07) is 7.69. The summed E-state index contributed by atoms with van der Waals surface area (Å²) in [5.74, 6) is -0.467. The van der Waals surface area contributed by atoms with Gasteiger partial charge in [0, 0.05) is 23.5 Å². The number of rotatable bonds is 6. The van der Waals surface area contributed by atoms with Gasteiger partial charge in [-0.15, -0.1) is 0 Å². The highest BCUT2D eigenvalue weighted by molar-refractivity contribution is 9.10. The molecule has 23 heavy (non-hydrogen) atoms. The van der Waals surface area contributed by atoms with Crippen LogP contribution in [0.4, 0.5) is 0 Å². The van der Waals surface area contributed by atoms with Crippen LogP contribution in [0.2, 0.25) is 0 Å². The molecule has 1 fully saturated rings. The Morgan fingerprint density at radius 1 is 1.39 bits per heavy atom. The quantitative estimate of drug-likeness (QED) is 0.765. The van der Waals surface area contributed by atoms with Crippen molar-refractivity contribution in [3.8, 4) is 5.75 Å². The minimum Gasteiger partial charge on any atom is -0.494 e. The molecule has 1 aliphatic rings. The molecule has 1 aromatic carbocycles. The molecule has 2 unspecified atom stereocenters. The van der Waals surface area contributed by atoms with Crippen molar-refractivity contribution < 1.29 is 19.4 Å². The van der Waals surface area contributed by atoms with E-state index in [0.717, 1.165) is 16.6 Å². The third kappa shape index (κ3) is 5.23. The molecule has 2 rings (SSSR count). The smallest absolute Gasteiger partial charge is 0.308 e. The fourth-order valence-electron chi connectivity index (χ4n) is 2.77. The molecule has 1 aliphatic heterocycles. The summed E-state index contributed by atoms with van der Waals surface area (Å²) < 4.78 is 6.57. The molecule has 1 amide bonds. The van der Waals surface area contributed by atoms with Crippen molar-refractivity contribution in [1.82, 2.24) is 4.90 Å². The summed E-state index contributed by atoms with van der Waals surface area (Å²) in [6.45, 7) is 2.77. The van der Waals surface area contributed by atoms with Gasteiger partial charge in [0.15, 0.2) is 0 Å². The highest BCUT2D eigenvalue weighted by Gasteiger charge is 2.32. The van der Waals surface area contributed by atoms with Crippen molar-refractivity contribution in [2.24, 2.45) is 5.92 Å². The number of piperidine rings is 1. The Morgan fingerprint density at radius 3 is 2.87 bits per heavy atom.